The second-order valence-electron chi connectivity index (χ2n) is 1.99. The molecule has 0 aromatic heterocycles. The van der Waals surface area contributed by atoms with Crippen LogP contribution in [-0.2, 0) is 4.79 Å². The van der Waals surface area contributed by atoms with Gasteiger partial charge in [0.05, 0.1) is 5.92 Å². The molecule has 0 saturated carbocycles. The molecular formula is C6H10Br2O2. The third-order valence-electron chi connectivity index (χ3n) is 1.26. The number of carbonyl (C=O) groups is 1. The summed E-state index contributed by atoms with van der Waals surface area (Å²) in [5.41, 5.74) is 0. The minimum absolute atomic E-state index is 0.196. The molecule has 0 fully saturated rings. The molecule has 1 N–H and O–H groups in total. The van der Waals surface area contributed by atoms with Crippen LogP contribution in [0.25, 0.3) is 0 Å². The maximum absolute atomic E-state index is 10.4. The van der Waals surface area contributed by atoms with Gasteiger partial charge in [-0.3, -0.25) is 4.79 Å². The van der Waals surface area contributed by atoms with Crippen molar-refractivity contribution >= 4 is 37.8 Å². The van der Waals surface area contributed by atoms with Gasteiger partial charge < -0.3 is 5.11 Å². The van der Waals surface area contributed by atoms with Gasteiger partial charge in [0.15, 0.2) is 0 Å². The fourth-order valence-corrected chi connectivity index (χ4v) is 1.76. The van der Waals surface area contributed by atoms with Gasteiger partial charge >= 0.3 is 5.97 Å². The molecule has 0 amide bonds. The number of hydrogen-bond donors (Lipinski definition) is 1. The normalized spacial score (nSPS) is 10.3. The SMILES string of the molecule is O=C(O)C(CCBr)CCBr. The van der Waals surface area contributed by atoms with Crippen LogP contribution in [0.1, 0.15) is 12.8 Å². The van der Waals surface area contributed by atoms with E-state index in [1.807, 2.05) is 0 Å². The van der Waals surface area contributed by atoms with Gasteiger partial charge in [0, 0.05) is 10.7 Å². The van der Waals surface area contributed by atoms with Gasteiger partial charge in [-0.15, -0.1) is 0 Å². The van der Waals surface area contributed by atoms with E-state index in [4.69, 9.17) is 5.11 Å². The monoisotopic (exact) mass is 272 g/mol. The van der Waals surface area contributed by atoms with Crippen LogP contribution in [0, 0.1) is 5.92 Å². The third kappa shape index (κ3) is 4.28. The number of carboxylic acid groups (broad SMARTS) is 1. The summed E-state index contributed by atoms with van der Waals surface area (Å²) >= 11 is 6.42. The molecule has 0 atom stereocenters. The van der Waals surface area contributed by atoms with E-state index in [9.17, 15) is 4.79 Å². The molecule has 4 heteroatoms. The zero-order chi connectivity index (χ0) is 7.98. The number of hydrogen-bond acceptors (Lipinski definition) is 1. The van der Waals surface area contributed by atoms with Crippen molar-refractivity contribution in [3.63, 3.8) is 0 Å². The van der Waals surface area contributed by atoms with Gasteiger partial charge in [0.2, 0.25) is 0 Å². The lowest BCUT2D eigenvalue weighted by atomic mass is 10.0. The maximum Gasteiger partial charge on any atom is 0.306 e. The molecule has 0 rings (SSSR count). The van der Waals surface area contributed by atoms with Crippen molar-refractivity contribution < 1.29 is 9.90 Å². The van der Waals surface area contributed by atoms with Crippen LogP contribution in [0.5, 0.6) is 0 Å². The number of halogens is 2. The predicted molar refractivity (Wildman–Crippen MR) is 47.9 cm³/mol. The van der Waals surface area contributed by atoms with Crippen LogP contribution in [0.3, 0.4) is 0 Å². The summed E-state index contributed by atoms with van der Waals surface area (Å²) in [4.78, 5) is 10.4. The fraction of sp³-hybridized carbons (Fsp3) is 0.833. The Hall–Kier alpha value is 0.430. The second kappa shape index (κ2) is 6.16. The van der Waals surface area contributed by atoms with Gasteiger partial charge in [0.25, 0.3) is 0 Å². The molecule has 0 heterocycles. The molecule has 0 saturated heterocycles. The highest BCUT2D eigenvalue weighted by Gasteiger charge is 2.14. The molecule has 0 unspecified atom stereocenters. The Morgan fingerprint density at radius 2 is 1.70 bits per heavy atom. The minimum atomic E-state index is -0.695. The molecule has 10 heavy (non-hydrogen) atoms. The second-order valence-corrected chi connectivity index (χ2v) is 3.58. The molecule has 0 spiro atoms. The Labute approximate surface area is 77.3 Å². The first kappa shape index (κ1) is 10.4. The summed E-state index contributed by atoms with van der Waals surface area (Å²) < 4.78 is 0. The Bertz CT molecular complexity index is 99.9. The zero-order valence-corrected chi connectivity index (χ0v) is 8.69. The molecule has 0 aliphatic carbocycles. The standard InChI is InChI=1S/C6H10Br2O2/c7-3-1-5(2-4-8)6(9)10/h5H,1-4H2,(H,9,10). The van der Waals surface area contributed by atoms with Crippen molar-refractivity contribution in [3.8, 4) is 0 Å². The van der Waals surface area contributed by atoms with Gasteiger partial charge in [-0.25, -0.2) is 0 Å². The van der Waals surface area contributed by atoms with Crippen LogP contribution < -0.4 is 0 Å². The first-order valence-electron chi connectivity index (χ1n) is 3.07. The van der Waals surface area contributed by atoms with Crippen LogP contribution >= 0.6 is 31.9 Å². The van der Waals surface area contributed by atoms with Crippen molar-refractivity contribution in [2.75, 3.05) is 10.7 Å². The van der Waals surface area contributed by atoms with E-state index < -0.39 is 5.97 Å². The van der Waals surface area contributed by atoms with E-state index in [-0.39, 0.29) is 5.92 Å². The molecule has 0 radical (unpaired) electrons. The molecule has 0 aliphatic rings. The molecule has 60 valence electrons. The number of rotatable bonds is 5. The van der Waals surface area contributed by atoms with E-state index in [0.29, 0.717) is 12.8 Å². The first-order valence-corrected chi connectivity index (χ1v) is 5.31. The van der Waals surface area contributed by atoms with Gasteiger partial charge in [-0.2, -0.15) is 0 Å². The lowest BCUT2D eigenvalue weighted by Crippen LogP contribution is -2.14. The predicted octanol–water partition coefficient (Wildman–Crippen LogP) is 2.26. The minimum Gasteiger partial charge on any atom is -0.481 e. The Morgan fingerprint density at radius 3 is 1.90 bits per heavy atom. The molecular weight excluding hydrogens is 264 g/mol. The molecule has 0 aromatic carbocycles. The largest absolute Gasteiger partial charge is 0.481 e. The highest BCUT2D eigenvalue weighted by atomic mass is 79.9. The molecule has 2 nitrogen and oxygen atoms in total. The average molecular weight is 274 g/mol. The third-order valence-corrected chi connectivity index (χ3v) is 2.18. The van der Waals surface area contributed by atoms with Crippen molar-refractivity contribution in [2.45, 2.75) is 12.8 Å². The van der Waals surface area contributed by atoms with Crippen LogP contribution in [0.15, 0.2) is 0 Å². The number of carboxylic acids is 1. The van der Waals surface area contributed by atoms with Gasteiger partial charge in [0.1, 0.15) is 0 Å². The number of aliphatic carboxylic acids is 1. The topological polar surface area (TPSA) is 37.3 Å². The van der Waals surface area contributed by atoms with Crippen LogP contribution in [-0.4, -0.2) is 21.7 Å². The van der Waals surface area contributed by atoms with E-state index in [1.165, 1.54) is 0 Å². The fourth-order valence-electron chi connectivity index (χ4n) is 0.655. The van der Waals surface area contributed by atoms with E-state index in [1.54, 1.807) is 0 Å². The summed E-state index contributed by atoms with van der Waals surface area (Å²) in [7, 11) is 0. The highest BCUT2D eigenvalue weighted by Crippen LogP contribution is 2.11. The molecule has 0 aliphatic heterocycles. The number of alkyl halides is 2. The summed E-state index contributed by atoms with van der Waals surface area (Å²) in [5, 5.41) is 10.1. The van der Waals surface area contributed by atoms with Crippen LogP contribution in [0.4, 0.5) is 0 Å². The van der Waals surface area contributed by atoms with E-state index >= 15 is 0 Å². The van der Waals surface area contributed by atoms with Crippen molar-refractivity contribution in [3.05, 3.63) is 0 Å². The summed E-state index contributed by atoms with van der Waals surface area (Å²) in [6, 6.07) is 0. The summed E-state index contributed by atoms with van der Waals surface area (Å²) in [6.45, 7) is 0. The zero-order valence-electron chi connectivity index (χ0n) is 5.52. The van der Waals surface area contributed by atoms with Gasteiger partial charge in [-0.05, 0) is 12.8 Å². The van der Waals surface area contributed by atoms with Crippen LogP contribution in [0.2, 0.25) is 0 Å². The average Bonchev–Trinajstić information content (AvgIpc) is 1.87. The summed E-state index contributed by atoms with van der Waals surface area (Å²) in [5.74, 6) is -0.891. The quantitative estimate of drug-likeness (QED) is 0.781. The maximum atomic E-state index is 10.4. The Balaban J connectivity index is 3.61. The molecule has 0 bridgehead atoms. The Kier molecular flexibility index (Phi) is 6.43. The highest BCUT2D eigenvalue weighted by molar-refractivity contribution is 9.09. The lowest BCUT2D eigenvalue weighted by Gasteiger charge is -2.06. The van der Waals surface area contributed by atoms with E-state index in [0.717, 1.165) is 10.7 Å². The molecule has 0 aromatic rings. The van der Waals surface area contributed by atoms with Crippen molar-refractivity contribution in [2.24, 2.45) is 5.92 Å². The van der Waals surface area contributed by atoms with E-state index in [2.05, 4.69) is 31.9 Å². The Morgan fingerprint density at radius 1 is 1.30 bits per heavy atom. The van der Waals surface area contributed by atoms with Crippen molar-refractivity contribution in [1.29, 1.82) is 0 Å². The van der Waals surface area contributed by atoms with Crippen molar-refractivity contribution in [1.82, 2.24) is 0 Å². The summed E-state index contributed by atoms with van der Waals surface area (Å²) in [6.07, 6.45) is 1.42. The lowest BCUT2D eigenvalue weighted by molar-refractivity contribution is -0.141. The van der Waals surface area contributed by atoms with Gasteiger partial charge in [-0.1, -0.05) is 31.9 Å². The first-order chi connectivity index (χ1) is 4.72. The smallest absolute Gasteiger partial charge is 0.306 e.